The maximum Gasteiger partial charge on any atom is 0.416 e. The number of ether oxygens (including phenoxy) is 1. The maximum atomic E-state index is 12.6. The Hall–Kier alpha value is -3.36. The molecule has 0 aliphatic carbocycles. The molecule has 148 valence electrons. The van der Waals surface area contributed by atoms with Crippen LogP contribution in [0.15, 0.2) is 54.6 Å². The smallest absolute Gasteiger partial charge is 0.416 e. The third-order valence-corrected chi connectivity index (χ3v) is 3.57. The number of carbonyl (C=O) groups excluding carboxylic acids is 3. The molecule has 0 saturated carbocycles. The van der Waals surface area contributed by atoms with E-state index < -0.39 is 42.7 Å². The molecule has 28 heavy (non-hydrogen) atoms. The predicted octanol–water partition coefficient (Wildman–Crippen LogP) is 2.93. The number of carbonyl (C=O) groups is 3. The average molecular weight is 394 g/mol. The molecule has 2 aromatic carbocycles. The molecule has 0 aliphatic rings. The van der Waals surface area contributed by atoms with E-state index in [1.807, 2.05) is 30.3 Å². The fourth-order valence-electron chi connectivity index (χ4n) is 2.14. The van der Waals surface area contributed by atoms with Crippen molar-refractivity contribution in [3.8, 4) is 0 Å². The summed E-state index contributed by atoms with van der Waals surface area (Å²) in [5, 5.41) is 4.79. The third kappa shape index (κ3) is 6.75. The van der Waals surface area contributed by atoms with Crippen LogP contribution in [0, 0.1) is 0 Å². The highest BCUT2D eigenvalue weighted by Crippen LogP contribution is 2.29. The van der Waals surface area contributed by atoms with Crippen LogP contribution in [-0.4, -0.2) is 30.9 Å². The van der Waals surface area contributed by atoms with E-state index in [1.54, 1.807) is 0 Å². The monoisotopic (exact) mass is 394 g/mol. The van der Waals surface area contributed by atoms with Gasteiger partial charge in [-0.2, -0.15) is 13.2 Å². The zero-order valence-corrected chi connectivity index (χ0v) is 14.6. The van der Waals surface area contributed by atoms with E-state index in [0.717, 1.165) is 17.7 Å². The van der Waals surface area contributed by atoms with Gasteiger partial charge in [-0.1, -0.05) is 42.5 Å². The van der Waals surface area contributed by atoms with E-state index >= 15 is 0 Å². The summed E-state index contributed by atoms with van der Waals surface area (Å²) in [5.41, 5.74) is -0.329. The van der Waals surface area contributed by atoms with Crippen LogP contribution in [0.1, 0.15) is 21.5 Å². The maximum absolute atomic E-state index is 12.6. The van der Waals surface area contributed by atoms with Crippen molar-refractivity contribution in [2.24, 2.45) is 0 Å². The van der Waals surface area contributed by atoms with Gasteiger partial charge in [-0.05, 0) is 17.7 Å². The molecule has 9 heteroatoms. The number of Topliss-reactive ketones (excluding diaryl/α,β-unsaturated/α-hetero) is 1. The van der Waals surface area contributed by atoms with Crippen molar-refractivity contribution in [1.29, 1.82) is 0 Å². The molecule has 2 N–H and O–H groups in total. The van der Waals surface area contributed by atoms with Gasteiger partial charge >= 0.3 is 18.2 Å². The van der Waals surface area contributed by atoms with Crippen molar-refractivity contribution in [3.05, 3.63) is 71.3 Å². The van der Waals surface area contributed by atoms with Crippen LogP contribution in [0.5, 0.6) is 0 Å². The molecule has 2 amide bonds. The number of rotatable bonds is 7. The van der Waals surface area contributed by atoms with E-state index in [0.29, 0.717) is 6.07 Å². The van der Waals surface area contributed by atoms with Gasteiger partial charge in [0.2, 0.25) is 0 Å². The van der Waals surface area contributed by atoms with Crippen LogP contribution in [0.2, 0.25) is 0 Å². The molecule has 0 saturated heterocycles. The van der Waals surface area contributed by atoms with Crippen LogP contribution >= 0.6 is 0 Å². The van der Waals surface area contributed by atoms with E-state index in [9.17, 15) is 27.6 Å². The first-order chi connectivity index (χ1) is 13.3. The fourth-order valence-corrected chi connectivity index (χ4v) is 2.14. The molecule has 0 heterocycles. The quantitative estimate of drug-likeness (QED) is 0.559. The van der Waals surface area contributed by atoms with Crippen LogP contribution in [0.3, 0.4) is 0 Å². The summed E-state index contributed by atoms with van der Waals surface area (Å²) in [6, 6.07) is 12.3. The zero-order valence-electron chi connectivity index (χ0n) is 14.6. The molecule has 0 radical (unpaired) electrons. The van der Waals surface area contributed by atoms with Crippen LogP contribution in [0.25, 0.3) is 0 Å². The Balaban J connectivity index is 1.73. The van der Waals surface area contributed by atoms with Crippen LogP contribution in [0.4, 0.5) is 18.0 Å². The molecule has 6 nitrogen and oxygen atoms in total. The molecular formula is C19H17F3N2O4. The number of urea groups is 1. The lowest BCUT2D eigenvalue weighted by molar-refractivity contribution is -0.141. The normalized spacial score (nSPS) is 10.8. The Labute approximate surface area is 158 Å². The number of amides is 2. The van der Waals surface area contributed by atoms with E-state index in [1.165, 1.54) is 6.07 Å². The highest BCUT2D eigenvalue weighted by Gasteiger charge is 2.30. The number of hydrogen-bond acceptors (Lipinski definition) is 4. The second kappa shape index (κ2) is 9.54. The largest absolute Gasteiger partial charge is 0.456 e. The van der Waals surface area contributed by atoms with E-state index in [-0.39, 0.29) is 12.1 Å². The van der Waals surface area contributed by atoms with Gasteiger partial charge in [-0.3, -0.25) is 9.59 Å². The molecule has 0 atom stereocenters. The average Bonchev–Trinajstić information content (AvgIpc) is 2.69. The standard InChI is InChI=1S/C19H17F3N2O4/c20-19(21,22)15-8-4-7-14(9-15)16(25)12-28-17(26)11-24-18(27)23-10-13-5-2-1-3-6-13/h1-9H,10-12H2,(H2,23,24,27). The van der Waals surface area contributed by atoms with Gasteiger partial charge in [0.05, 0.1) is 5.56 Å². The van der Waals surface area contributed by atoms with Crippen LogP contribution in [-0.2, 0) is 22.3 Å². The summed E-state index contributed by atoms with van der Waals surface area (Å²) in [7, 11) is 0. The Morgan fingerprint density at radius 2 is 1.64 bits per heavy atom. The predicted molar refractivity (Wildman–Crippen MR) is 93.4 cm³/mol. The molecule has 2 rings (SSSR count). The van der Waals surface area contributed by atoms with Crippen molar-refractivity contribution in [3.63, 3.8) is 0 Å². The molecule has 2 aromatic rings. The van der Waals surface area contributed by atoms with Crippen molar-refractivity contribution in [2.45, 2.75) is 12.7 Å². The minimum Gasteiger partial charge on any atom is -0.456 e. The van der Waals surface area contributed by atoms with Crippen LogP contribution < -0.4 is 10.6 Å². The van der Waals surface area contributed by atoms with Crippen molar-refractivity contribution >= 4 is 17.8 Å². The second-order valence-electron chi connectivity index (χ2n) is 5.68. The summed E-state index contributed by atoms with van der Waals surface area (Å²) in [5.74, 6) is -1.68. The number of alkyl halides is 3. The van der Waals surface area contributed by atoms with Gasteiger partial charge < -0.3 is 15.4 Å². The molecule has 0 aliphatic heterocycles. The second-order valence-corrected chi connectivity index (χ2v) is 5.68. The van der Waals surface area contributed by atoms with Gasteiger partial charge in [0.15, 0.2) is 12.4 Å². The lowest BCUT2D eigenvalue weighted by Gasteiger charge is -2.09. The fraction of sp³-hybridized carbons (Fsp3) is 0.211. The van der Waals surface area contributed by atoms with E-state index in [2.05, 4.69) is 15.4 Å². The lowest BCUT2D eigenvalue weighted by Crippen LogP contribution is -2.38. The van der Waals surface area contributed by atoms with Gasteiger partial charge in [-0.15, -0.1) is 0 Å². The molecule has 0 fully saturated rings. The zero-order chi connectivity index (χ0) is 20.6. The Morgan fingerprint density at radius 3 is 2.32 bits per heavy atom. The first-order valence-electron chi connectivity index (χ1n) is 8.17. The summed E-state index contributed by atoms with van der Waals surface area (Å²) in [6.45, 7) is -0.959. The first kappa shape index (κ1) is 20.9. The van der Waals surface area contributed by atoms with Gasteiger partial charge in [0.25, 0.3) is 0 Å². The van der Waals surface area contributed by atoms with Gasteiger partial charge in [0.1, 0.15) is 6.54 Å². The Morgan fingerprint density at radius 1 is 0.929 bits per heavy atom. The highest BCUT2D eigenvalue weighted by atomic mass is 19.4. The van der Waals surface area contributed by atoms with Crippen molar-refractivity contribution < 1.29 is 32.3 Å². The summed E-state index contributed by atoms with van der Waals surface area (Å²) < 4.78 is 42.6. The Kier molecular flexibility index (Phi) is 7.14. The minimum atomic E-state index is -4.58. The minimum absolute atomic E-state index is 0.226. The molecule has 0 spiro atoms. The number of ketones is 1. The summed E-state index contributed by atoms with van der Waals surface area (Å²) in [6.07, 6.45) is -4.58. The topological polar surface area (TPSA) is 84.5 Å². The number of benzene rings is 2. The molecule has 0 unspecified atom stereocenters. The van der Waals surface area contributed by atoms with E-state index in [4.69, 9.17) is 0 Å². The number of hydrogen-bond donors (Lipinski definition) is 2. The van der Waals surface area contributed by atoms with Crippen molar-refractivity contribution in [1.82, 2.24) is 10.6 Å². The van der Waals surface area contributed by atoms with Gasteiger partial charge in [-0.25, -0.2) is 4.79 Å². The SMILES string of the molecule is O=C(NCC(=O)OCC(=O)c1cccc(C(F)(F)F)c1)NCc1ccccc1. The first-order valence-corrected chi connectivity index (χ1v) is 8.17. The number of halogens is 3. The molecular weight excluding hydrogens is 377 g/mol. The third-order valence-electron chi connectivity index (χ3n) is 3.57. The summed E-state index contributed by atoms with van der Waals surface area (Å²) >= 11 is 0. The lowest BCUT2D eigenvalue weighted by atomic mass is 10.1. The highest BCUT2D eigenvalue weighted by molar-refractivity contribution is 5.98. The Bertz CT molecular complexity index is 839. The van der Waals surface area contributed by atoms with Crippen molar-refractivity contribution in [2.75, 3.05) is 13.2 Å². The molecule has 0 bridgehead atoms. The number of nitrogens with one attached hydrogen (secondary N) is 2. The number of esters is 1. The summed E-state index contributed by atoms with van der Waals surface area (Å²) in [4.78, 5) is 35.1. The van der Waals surface area contributed by atoms with Gasteiger partial charge in [0, 0.05) is 12.1 Å². The molecule has 0 aromatic heterocycles.